The number of nitrogens with two attached hydrogens (primary N) is 2. The topological polar surface area (TPSA) is 59.8 Å². The van der Waals surface area contributed by atoms with E-state index in [2.05, 4.69) is 47.5 Å². The quantitative estimate of drug-likeness (QED) is 0.242. The van der Waals surface area contributed by atoms with E-state index in [4.69, 9.17) is 11.5 Å². The number of unbranched alkanes of at least 4 members (excludes halogenated alkanes) is 9. The molecule has 0 aliphatic rings. The van der Waals surface area contributed by atoms with E-state index < -0.39 is 0 Å². The van der Waals surface area contributed by atoms with Crippen LogP contribution in [0.1, 0.15) is 75.3 Å². The van der Waals surface area contributed by atoms with Gasteiger partial charge in [0, 0.05) is 12.1 Å². The first-order valence-electron chi connectivity index (χ1n) is 11.1. The van der Waals surface area contributed by atoms with Crippen molar-refractivity contribution < 1.29 is 43.1 Å². The molecule has 0 saturated heterocycles. The molecule has 2 aromatic rings. The smallest absolute Gasteiger partial charge is 0.272 e. The van der Waals surface area contributed by atoms with Gasteiger partial charge in [-0.2, -0.15) is 0 Å². The zero-order valence-electron chi connectivity index (χ0n) is 18.8. The largest absolute Gasteiger partial charge is 1.00 e. The normalized spacial score (nSPS) is 10.3. The Morgan fingerprint density at radius 3 is 1.17 bits per heavy atom. The van der Waals surface area contributed by atoms with Crippen LogP contribution in [0.5, 0.6) is 0 Å². The first-order chi connectivity index (χ1) is 13.6. The third kappa shape index (κ3) is 11.3. The highest BCUT2D eigenvalue weighted by molar-refractivity contribution is 5.22. The van der Waals surface area contributed by atoms with E-state index in [1.807, 2.05) is 12.1 Å². The minimum atomic E-state index is 0. The zero-order valence-corrected chi connectivity index (χ0v) is 21.9. The molecule has 0 fully saturated rings. The molecule has 0 bridgehead atoms. The molecule has 0 saturated carbocycles. The molecule has 2 rings (SSSR count). The maximum Gasteiger partial charge on any atom is 0.272 e. The molecule has 30 heavy (non-hydrogen) atoms. The first kappa shape index (κ1) is 28.9. The van der Waals surface area contributed by atoms with Gasteiger partial charge >= 0.3 is 0 Å². The third-order valence-corrected chi connectivity index (χ3v) is 5.46. The van der Waals surface area contributed by atoms with Gasteiger partial charge in [0.2, 0.25) is 0 Å². The van der Waals surface area contributed by atoms with Crippen LogP contribution in [-0.2, 0) is 13.1 Å². The van der Waals surface area contributed by atoms with Gasteiger partial charge in [-0.1, -0.05) is 38.5 Å². The molecule has 0 spiro atoms. The van der Waals surface area contributed by atoms with E-state index in [1.165, 1.54) is 75.3 Å². The van der Waals surface area contributed by atoms with Gasteiger partial charge in [-0.3, -0.25) is 11.5 Å². The van der Waals surface area contributed by atoms with E-state index in [-0.39, 0.29) is 34.0 Å². The van der Waals surface area contributed by atoms with Gasteiger partial charge in [-0.25, -0.2) is 9.13 Å². The Kier molecular flexibility index (Phi) is 15.9. The van der Waals surface area contributed by atoms with Crippen molar-refractivity contribution in [3.05, 3.63) is 47.8 Å². The monoisotopic (exact) mass is 542 g/mol. The van der Waals surface area contributed by atoms with Crippen molar-refractivity contribution in [1.29, 1.82) is 0 Å². The van der Waals surface area contributed by atoms with E-state index in [9.17, 15) is 0 Å². The molecule has 0 atom stereocenters. The zero-order chi connectivity index (χ0) is 20.2. The van der Waals surface area contributed by atoms with Crippen LogP contribution in [-0.4, -0.2) is 0 Å². The number of nitrogen functional groups attached to an aromatic ring is 2. The molecule has 0 radical (unpaired) electrons. The van der Waals surface area contributed by atoms with E-state index in [0.29, 0.717) is 0 Å². The van der Waals surface area contributed by atoms with Crippen molar-refractivity contribution in [2.45, 2.75) is 91.1 Å². The number of hydrogen-bond donors (Lipinski definition) is 2. The number of rotatable bonds is 13. The molecule has 2 aromatic heterocycles. The van der Waals surface area contributed by atoms with Crippen LogP contribution in [0.25, 0.3) is 0 Å². The highest BCUT2D eigenvalue weighted by atomic mass is 79.9. The molecule has 170 valence electrons. The molecule has 4 N–H and O–H groups in total. The lowest BCUT2D eigenvalue weighted by Gasteiger charge is -2.05. The van der Waals surface area contributed by atoms with Gasteiger partial charge < -0.3 is 34.0 Å². The second-order valence-electron chi connectivity index (χ2n) is 8.18. The summed E-state index contributed by atoms with van der Waals surface area (Å²) in [5.41, 5.74) is 14.6. The Morgan fingerprint density at radius 1 is 0.533 bits per heavy atom. The first-order valence-corrected chi connectivity index (χ1v) is 11.1. The molecule has 4 nitrogen and oxygen atoms in total. The molecule has 0 aromatic carbocycles. The summed E-state index contributed by atoms with van der Waals surface area (Å²) < 4.78 is 4.36. The van der Waals surface area contributed by atoms with E-state index >= 15 is 0 Å². The average molecular weight is 544 g/mol. The van der Waals surface area contributed by atoms with E-state index in [1.54, 1.807) is 0 Å². The number of anilines is 2. The van der Waals surface area contributed by atoms with Crippen LogP contribution < -0.4 is 54.6 Å². The number of nitrogens with zero attached hydrogens (tertiary/aromatic N) is 2. The molecule has 0 aliphatic carbocycles. The summed E-state index contributed by atoms with van der Waals surface area (Å²) in [7, 11) is 0. The molecule has 6 heteroatoms. The van der Waals surface area contributed by atoms with Crippen LogP contribution >= 0.6 is 0 Å². The third-order valence-electron chi connectivity index (χ3n) is 5.46. The van der Waals surface area contributed by atoms with Crippen LogP contribution in [0.2, 0.25) is 0 Å². The predicted molar refractivity (Wildman–Crippen MR) is 118 cm³/mol. The summed E-state index contributed by atoms with van der Waals surface area (Å²) in [6, 6.07) is 8.15. The van der Waals surface area contributed by atoms with Gasteiger partial charge in [0.25, 0.3) is 11.6 Å². The van der Waals surface area contributed by atoms with Gasteiger partial charge in [0.1, 0.15) is 0 Å². The minimum absolute atomic E-state index is 0. The van der Waals surface area contributed by atoms with Gasteiger partial charge in [0.05, 0.1) is 25.5 Å². The average Bonchev–Trinajstić information content (AvgIpc) is 2.67. The Morgan fingerprint density at radius 2 is 0.833 bits per heavy atom. The molecule has 0 amide bonds. The van der Waals surface area contributed by atoms with Crippen molar-refractivity contribution in [1.82, 2.24) is 0 Å². The Labute approximate surface area is 204 Å². The molecular weight excluding hydrogens is 504 g/mol. The second-order valence-corrected chi connectivity index (χ2v) is 8.18. The summed E-state index contributed by atoms with van der Waals surface area (Å²) in [5.74, 6) is 1.74. The lowest BCUT2D eigenvalue weighted by atomic mass is 10.1. The predicted octanol–water partition coefficient (Wildman–Crippen LogP) is -1.35. The fourth-order valence-corrected chi connectivity index (χ4v) is 3.72. The van der Waals surface area contributed by atoms with Crippen molar-refractivity contribution in [2.75, 3.05) is 11.5 Å². The van der Waals surface area contributed by atoms with Crippen molar-refractivity contribution in [3.8, 4) is 0 Å². The number of aromatic nitrogens is 2. The summed E-state index contributed by atoms with van der Waals surface area (Å²) in [4.78, 5) is 0. The van der Waals surface area contributed by atoms with Crippen molar-refractivity contribution >= 4 is 11.6 Å². The molecule has 0 unspecified atom stereocenters. The van der Waals surface area contributed by atoms with Gasteiger partial charge in [0.15, 0.2) is 0 Å². The fourth-order valence-electron chi connectivity index (χ4n) is 3.72. The standard InChI is InChI=1S/C24H38N4.2BrH/c1-21-13-15-23(25)27(19-21)17-11-9-7-5-3-4-6-8-10-12-18-28-20-22(2)14-16-24(28)26;;/h13-16,19-20,25-26H,3-12,17-18H2,1-2H3;2*1H. The molecular formula is C24H40Br2N4. The Hall–Kier alpha value is -1.14. The van der Waals surface area contributed by atoms with Crippen LogP contribution in [0.4, 0.5) is 11.6 Å². The summed E-state index contributed by atoms with van der Waals surface area (Å²) >= 11 is 0. The molecule has 2 heterocycles. The van der Waals surface area contributed by atoms with Crippen molar-refractivity contribution in [3.63, 3.8) is 0 Å². The summed E-state index contributed by atoms with van der Waals surface area (Å²) in [6.07, 6.45) is 17.5. The van der Waals surface area contributed by atoms with E-state index in [0.717, 1.165) is 24.7 Å². The highest BCUT2D eigenvalue weighted by Crippen LogP contribution is 2.11. The molecule has 0 aliphatic heterocycles. The highest BCUT2D eigenvalue weighted by Gasteiger charge is 2.05. The Balaban J connectivity index is 0.00000420. The second kappa shape index (κ2) is 16.5. The lowest BCUT2D eigenvalue weighted by Crippen LogP contribution is -3.00. The SMILES string of the molecule is Cc1ccc(N)[n+](CCCCCCCCCCCC[n+]2cc(C)ccc2N)c1.[Br-].[Br-]. The fraction of sp³-hybridized carbons (Fsp3) is 0.583. The number of hydrogen-bond acceptors (Lipinski definition) is 2. The maximum absolute atomic E-state index is 6.02. The Bertz CT molecular complexity index is 661. The van der Waals surface area contributed by atoms with Crippen LogP contribution in [0.15, 0.2) is 36.7 Å². The van der Waals surface area contributed by atoms with Crippen LogP contribution in [0.3, 0.4) is 0 Å². The summed E-state index contributed by atoms with van der Waals surface area (Å²) in [5, 5.41) is 0. The minimum Gasteiger partial charge on any atom is -1.00 e. The number of halogens is 2. The van der Waals surface area contributed by atoms with Crippen molar-refractivity contribution in [2.24, 2.45) is 0 Å². The lowest BCUT2D eigenvalue weighted by molar-refractivity contribution is -0.683. The van der Waals surface area contributed by atoms with Gasteiger partial charge in [-0.15, -0.1) is 0 Å². The number of pyridine rings is 2. The number of aryl methyl sites for hydroxylation is 4. The van der Waals surface area contributed by atoms with Crippen LogP contribution in [0, 0.1) is 13.8 Å². The van der Waals surface area contributed by atoms with Gasteiger partial charge in [-0.05, 0) is 62.8 Å². The maximum atomic E-state index is 6.02. The summed E-state index contributed by atoms with van der Waals surface area (Å²) in [6.45, 7) is 6.31.